The quantitative estimate of drug-likeness (QED) is 0.137. The van der Waals surface area contributed by atoms with Crippen LogP contribution < -0.4 is 24.8 Å². The molecule has 10 nitrogen and oxygen atoms in total. The number of carbonyl (C=O) groups excluding carboxylic acids is 2. The molecule has 1 aliphatic rings. The number of amides is 2. The van der Waals surface area contributed by atoms with Crippen LogP contribution in [0.5, 0.6) is 23.1 Å². The largest absolute Gasteiger partial charge is 0.491 e. The lowest BCUT2D eigenvalue weighted by Crippen LogP contribution is -2.31. The summed E-state index contributed by atoms with van der Waals surface area (Å²) in [5.41, 5.74) is 1.23. The monoisotopic (exact) mass is 621 g/mol. The normalized spacial score (nSPS) is 13.3. The number of hydrogen-bond acceptors (Lipinski definition) is 8. The molecule has 2 aromatic carbocycles. The fourth-order valence-corrected chi connectivity index (χ4v) is 5.17. The van der Waals surface area contributed by atoms with Crippen molar-refractivity contribution in [2.45, 2.75) is 32.1 Å². The Morgan fingerprint density at radius 3 is 2.43 bits per heavy atom. The fraction of sp³-hybridized carbons (Fsp3) is 0.312. The first-order valence-electron chi connectivity index (χ1n) is 14.4. The molecule has 12 heteroatoms. The molecule has 2 aromatic heterocycles. The molecular weight excluding hydrogens is 589 g/mol. The van der Waals surface area contributed by atoms with E-state index in [1.165, 1.54) is 55.8 Å². The van der Waals surface area contributed by atoms with Gasteiger partial charge in [-0.2, -0.15) is 0 Å². The topological polar surface area (TPSA) is 115 Å². The summed E-state index contributed by atoms with van der Waals surface area (Å²) < 4.78 is 30.8. The van der Waals surface area contributed by atoms with Crippen LogP contribution in [0.4, 0.5) is 15.8 Å². The molecule has 0 radical (unpaired) electrons. The number of likely N-dealkylation sites (tertiary alicyclic amines) is 1. The van der Waals surface area contributed by atoms with Crippen LogP contribution in [-0.4, -0.2) is 60.0 Å². The number of methoxy groups -OCH3 is 1. The van der Waals surface area contributed by atoms with E-state index in [0.29, 0.717) is 40.4 Å². The second-order valence-corrected chi connectivity index (χ2v) is 10.7. The number of hydrogen-bond donors (Lipinski definition) is 2. The summed E-state index contributed by atoms with van der Waals surface area (Å²) in [5, 5.41) is 5.93. The van der Waals surface area contributed by atoms with Crippen molar-refractivity contribution in [2.75, 3.05) is 44.0 Å². The van der Waals surface area contributed by atoms with E-state index in [9.17, 15) is 14.0 Å². The van der Waals surface area contributed by atoms with Crippen LogP contribution in [0.3, 0.4) is 0 Å². The number of halogens is 2. The molecule has 230 valence electrons. The maximum absolute atomic E-state index is 13.1. The molecule has 44 heavy (non-hydrogen) atoms. The van der Waals surface area contributed by atoms with Crippen LogP contribution >= 0.6 is 11.6 Å². The van der Waals surface area contributed by atoms with Crippen LogP contribution in [0, 0.1) is 5.82 Å². The SMILES string of the molecule is COc1c(OCCCN2CCCCC2)ccc2c(Oc3ncc(NC(=O)CC(=O)Nc4ccc(F)cc4)cc3Cl)ccnc12. The van der Waals surface area contributed by atoms with Gasteiger partial charge in [-0.1, -0.05) is 18.0 Å². The molecule has 1 fully saturated rings. The molecule has 0 atom stereocenters. The summed E-state index contributed by atoms with van der Waals surface area (Å²) in [5.74, 6) is 0.114. The lowest BCUT2D eigenvalue weighted by Gasteiger charge is -2.26. The van der Waals surface area contributed by atoms with Crippen LogP contribution in [0.25, 0.3) is 10.9 Å². The summed E-state index contributed by atoms with van der Waals surface area (Å²) in [6, 6.07) is 12.1. The zero-order valence-corrected chi connectivity index (χ0v) is 25.0. The van der Waals surface area contributed by atoms with Gasteiger partial charge in [0.15, 0.2) is 11.5 Å². The second kappa shape index (κ2) is 14.8. The summed E-state index contributed by atoms with van der Waals surface area (Å²) in [4.78, 5) is 35.8. The highest BCUT2D eigenvalue weighted by atomic mass is 35.5. The molecule has 0 bridgehead atoms. The number of benzene rings is 2. The molecule has 1 aliphatic heterocycles. The van der Waals surface area contributed by atoms with Crippen molar-refractivity contribution >= 4 is 45.7 Å². The standard InChI is InChI=1S/C32H33ClFN5O5/c1-42-31-27(43-17-5-16-39-14-3-2-4-15-39)11-10-24-26(12-13-35-30(24)31)44-32-25(33)18-23(20-36-32)38-29(41)19-28(40)37-22-8-6-21(34)7-9-22/h6-13,18,20H,2-5,14-17,19H2,1H3,(H,37,40)(H,38,41). The van der Waals surface area contributed by atoms with Gasteiger partial charge in [0.1, 0.15) is 28.5 Å². The molecule has 0 unspecified atom stereocenters. The minimum atomic E-state index is -0.576. The first kappa shape index (κ1) is 31.0. The van der Waals surface area contributed by atoms with E-state index in [1.807, 2.05) is 12.1 Å². The van der Waals surface area contributed by atoms with Gasteiger partial charge in [0, 0.05) is 23.8 Å². The molecule has 4 aromatic rings. The number of carbonyl (C=O) groups is 2. The number of pyridine rings is 2. The molecule has 3 heterocycles. The minimum Gasteiger partial charge on any atom is -0.491 e. The van der Waals surface area contributed by atoms with Gasteiger partial charge < -0.3 is 29.7 Å². The molecule has 1 saturated heterocycles. The molecule has 0 saturated carbocycles. The number of fused-ring (bicyclic) bond motifs is 1. The fourth-order valence-electron chi connectivity index (χ4n) is 4.96. The second-order valence-electron chi connectivity index (χ2n) is 10.3. The predicted molar refractivity (Wildman–Crippen MR) is 166 cm³/mol. The first-order chi connectivity index (χ1) is 21.4. The maximum atomic E-state index is 13.1. The van der Waals surface area contributed by atoms with Crippen LogP contribution in [0.1, 0.15) is 32.1 Å². The van der Waals surface area contributed by atoms with Gasteiger partial charge in [-0.15, -0.1) is 0 Å². The van der Waals surface area contributed by atoms with Crippen molar-refractivity contribution in [1.82, 2.24) is 14.9 Å². The summed E-state index contributed by atoms with van der Waals surface area (Å²) in [7, 11) is 1.57. The van der Waals surface area contributed by atoms with Crippen molar-refractivity contribution in [3.63, 3.8) is 0 Å². The smallest absolute Gasteiger partial charge is 0.238 e. The highest BCUT2D eigenvalue weighted by Gasteiger charge is 2.17. The van der Waals surface area contributed by atoms with Gasteiger partial charge in [-0.3, -0.25) is 14.6 Å². The highest BCUT2D eigenvalue weighted by Crippen LogP contribution is 2.40. The van der Waals surface area contributed by atoms with Gasteiger partial charge >= 0.3 is 0 Å². The predicted octanol–water partition coefficient (Wildman–Crippen LogP) is 6.45. The van der Waals surface area contributed by atoms with Gasteiger partial charge in [0.25, 0.3) is 0 Å². The van der Waals surface area contributed by atoms with Crippen LogP contribution in [0.15, 0.2) is 60.9 Å². The molecule has 2 amide bonds. The van der Waals surface area contributed by atoms with Crippen LogP contribution in [-0.2, 0) is 9.59 Å². The van der Waals surface area contributed by atoms with Crippen molar-refractivity contribution in [3.8, 4) is 23.1 Å². The number of rotatable bonds is 12. The van der Waals surface area contributed by atoms with Crippen molar-refractivity contribution < 1.29 is 28.2 Å². The summed E-state index contributed by atoms with van der Waals surface area (Å²) in [6.45, 7) is 3.88. The van der Waals surface area contributed by atoms with E-state index >= 15 is 0 Å². The van der Waals surface area contributed by atoms with E-state index in [1.54, 1.807) is 19.4 Å². The number of aromatic nitrogens is 2. The van der Waals surface area contributed by atoms with Crippen molar-refractivity contribution in [1.29, 1.82) is 0 Å². The Bertz CT molecular complexity index is 1620. The van der Waals surface area contributed by atoms with E-state index < -0.39 is 24.1 Å². The molecule has 5 rings (SSSR count). The highest BCUT2D eigenvalue weighted by molar-refractivity contribution is 6.32. The number of ether oxygens (including phenoxy) is 3. The van der Waals surface area contributed by atoms with Crippen LogP contribution in [0.2, 0.25) is 5.02 Å². The maximum Gasteiger partial charge on any atom is 0.238 e. The number of anilines is 2. The van der Waals surface area contributed by atoms with E-state index in [4.69, 9.17) is 25.8 Å². The average molecular weight is 622 g/mol. The zero-order chi connectivity index (χ0) is 30.9. The van der Waals surface area contributed by atoms with Gasteiger partial charge in [-0.25, -0.2) is 9.37 Å². The van der Waals surface area contributed by atoms with E-state index in [-0.39, 0.29) is 16.6 Å². The first-order valence-corrected chi connectivity index (χ1v) is 14.8. The Morgan fingerprint density at radius 1 is 0.955 bits per heavy atom. The van der Waals surface area contributed by atoms with Gasteiger partial charge in [-0.05, 0) is 80.9 Å². The number of piperidine rings is 1. The Kier molecular flexibility index (Phi) is 10.4. The number of nitrogens with one attached hydrogen (secondary N) is 2. The third kappa shape index (κ3) is 8.12. The Morgan fingerprint density at radius 2 is 1.70 bits per heavy atom. The number of nitrogens with zero attached hydrogens (tertiary/aromatic N) is 3. The third-order valence-corrected chi connectivity index (χ3v) is 7.34. The Hall–Kier alpha value is -4.48. The summed E-state index contributed by atoms with van der Waals surface area (Å²) in [6.07, 6.45) is 7.27. The average Bonchev–Trinajstić information content (AvgIpc) is 3.02. The van der Waals surface area contributed by atoms with Crippen molar-refractivity contribution in [2.24, 2.45) is 0 Å². The van der Waals surface area contributed by atoms with Crippen molar-refractivity contribution in [3.05, 3.63) is 71.8 Å². The van der Waals surface area contributed by atoms with Gasteiger partial charge in [0.05, 0.1) is 25.6 Å². The zero-order valence-electron chi connectivity index (χ0n) is 24.3. The lowest BCUT2D eigenvalue weighted by molar-refractivity contribution is -0.123. The molecular formula is C32H33ClFN5O5. The Balaban J connectivity index is 1.20. The minimum absolute atomic E-state index is 0.114. The lowest BCUT2D eigenvalue weighted by atomic mass is 10.1. The van der Waals surface area contributed by atoms with Gasteiger partial charge in [0.2, 0.25) is 17.7 Å². The van der Waals surface area contributed by atoms with E-state index in [0.717, 1.165) is 26.1 Å². The van der Waals surface area contributed by atoms with E-state index in [2.05, 4.69) is 25.5 Å². The molecule has 2 N–H and O–H groups in total. The molecule has 0 spiro atoms. The summed E-state index contributed by atoms with van der Waals surface area (Å²) >= 11 is 6.44. The Labute approximate surface area is 259 Å². The third-order valence-electron chi connectivity index (χ3n) is 7.07. The molecule has 0 aliphatic carbocycles.